The van der Waals surface area contributed by atoms with Gasteiger partial charge in [0.05, 0.1) is 5.69 Å². The number of carboxylic acid groups (broad SMARTS) is 1. The van der Waals surface area contributed by atoms with Gasteiger partial charge in [0.2, 0.25) is 0 Å². The molecule has 2 rings (SSSR count). The maximum Gasteiger partial charge on any atom is 0.341 e. The van der Waals surface area contributed by atoms with Crippen molar-refractivity contribution in [2.45, 2.75) is 0 Å². The molecule has 0 unspecified atom stereocenters. The summed E-state index contributed by atoms with van der Waals surface area (Å²) in [4.78, 5) is 26.4. The zero-order valence-corrected chi connectivity index (χ0v) is 8.99. The molecule has 0 saturated heterocycles. The van der Waals surface area contributed by atoms with Gasteiger partial charge in [-0.05, 0) is 18.2 Å². The van der Waals surface area contributed by atoms with Crippen LogP contribution in [0.4, 0.5) is 0 Å². The molecule has 0 atom stereocenters. The van der Waals surface area contributed by atoms with Gasteiger partial charge in [-0.3, -0.25) is 9.78 Å². The zero-order chi connectivity index (χ0) is 12.4. The second kappa shape index (κ2) is 4.17. The first kappa shape index (κ1) is 11.0. The Balaban J connectivity index is 2.66. The van der Waals surface area contributed by atoms with Crippen LogP contribution in [0, 0.1) is 0 Å². The molecule has 2 aromatic heterocycles. The molecule has 86 valence electrons. The lowest BCUT2D eigenvalue weighted by Crippen LogP contribution is -2.26. The lowest BCUT2D eigenvalue weighted by molar-refractivity contribution is 0.0694. The van der Waals surface area contributed by atoms with Crippen LogP contribution in [0.1, 0.15) is 10.4 Å². The Kier molecular flexibility index (Phi) is 2.70. The van der Waals surface area contributed by atoms with Gasteiger partial charge in [-0.1, -0.05) is 6.07 Å². The number of carboxylic acids is 1. The number of aryl methyl sites for hydroxylation is 1. The van der Waals surface area contributed by atoms with Gasteiger partial charge >= 0.3 is 5.97 Å². The number of aromatic nitrogens is 3. The molecule has 0 aliphatic rings. The van der Waals surface area contributed by atoms with E-state index in [0.717, 1.165) is 4.68 Å². The SMILES string of the molecule is Cn1nc(-c2ccccn2)cc(C(=O)O)c1=O. The van der Waals surface area contributed by atoms with Crippen LogP contribution in [0.2, 0.25) is 0 Å². The average Bonchev–Trinajstić information content (AvgIpc) is 2.33. The van der Waals surface area contributed by atoms with E-state index in [9.17, 15) is 9.59 Å². The van der Waals surface area contributed by atoms with E-state index < -0.39 is 11.5 Å². The van der Waals surface area contributed by atoms with E-state index in [-0.39, 0.29) is 5.56 Å². The van der Waals surface area contributed by atoms with Crippen molar-refractivity contribution in [2.24, 2.45) is 7.05 Å². The third-order valence-corrected chi connectivity index (χ3v) is 2.22. The molecule has 0 radical (unpaired) electrons. The Labute approximate surface area is 96.2 Å². The van der Waals surface area contributed by atoms with Gasteiger partial charge in [0.25, 0.3) is 5.56 Å². The number of hydrogen-bond donors (Lipinski definition) is 1. The molecule has 6 heteroatoms. The van der Waals surface area contributed by atoms with E-state index in [1.165, 1.54) is 13.1 Å². The minimum Gasteiger partial charge on any atom is -0.477 e. The van der Waals surface area contributed by atoms with Crippen LogP contribution in [0.25, 0.3) is 11.4 Å². The third kappa shape index (κ3) is 2.05. The standard InChI is InChI=1S/C11H9N3O3/c1-14-10(15)7(11(16)17)6-9(13-14)8-4-2-3-5-12-8/h2-6H,1H3,(H,16,17). The highest BCUT2D eigenvalue weighted by molar-refractivity contribution is 5.88. The summed E-state index contributed by atoms with van der Waals surface area (Å²) in [5.41, 5.74) is -0.0870. The van der Waals surface area contributed by atoms with Crippen LogP contribution in [0.5, 0.6) is 0 Å². The molecule has 0 aromatic carbocycles. The maximum absolute atomic E-state index is 11.5. The smallest absolute Gasteiger partial charge is 0.341 e. The highest BCUT2D eigenvalue weighted by atomic mass is 16.4. The topological polar surface area (TPSA) is 85.1 Å². The summed E-state index contributed by atoms with van der Waals surface area (Å²) in [6.07, 6.45) is 1.57. The van der Waals surface area contributed by atoms with Crippen molar-refractivity contribution < 1.29 is 9.90 Å². The number of rotatable bonds is 2. The van der Waals surface area contributed by atoms with Crippen LogP contribution in [-0.2, 0) is 7.05 Å². The molecule has 0 fully saturated rings. The summed E-state index contributed by atoms with van der Waals surface area (Å²) in [7, 11) is 1.40. The molecule has 1 N–H and O–H groups in total. The van der Waals surface area contributed by atoms with Gasteiger partial charge in [0.15, 0.2) is 0 Å². The summed E-state index contributed by atoms with van der Waals surface area (Å²) < 4.78 is 0.994. The van der Waals surface area contributed by atoms with Gasteiger partial charge in [0.1, 0.15) is 11.3 Å². The van der Waals surface area contributed by atoms with Crippen molar-refractivity contribution in [3.05, 3.63) is 46.4 Å². The van der Waals surface area contributed by atoms with Gasteiger partial charge in [0, 0.05) is 13.2 Å². The van der Waals surface area contributed by atoms with Crippen LogP contribution in [-0.4, -0.2) is 25.8 Å². The Hall–Kier alpha value is -2.50. The number of pyridine rings is 1. The zero-order valence-electron chi connectivity index (χ0n) is 8.99. The molecule has 0 aliphatic heterocycles. The fourth-order valence-electron chi connectivity index (χ4n) is 1.40. The second-order valence-corrected chi connectivity index (χ2v) is 3.39. The summed E-state index contributed by atoms with van der Waals surface area (Å²) in [5.74, 6) is -1.27. The Morgan fingerprint density at radius 1 is 1.35 bits per heavy atom. The highest BCUT2D eigenvalue weighted by Gasteiger charge is 2.13. The van der Waals surface area contributed by atoms with Crippen molar-refractivity contribution in [3.8, 4) is 11.4 Å². The fourth-order valence-corrected chi connectivity index (χ4v) is 1.40. The van der Waals surface area contributed by atoms with Crippen molar-refractivity contribution in [1.82, 2.24) is 14.8 Å². The number of aromatic carboxylic acids is 1. The Bertz CT molecular complexity index is 620. The van der Waals surface area contributed by atoms with E-state index in [2.05, 4.69) is 10.1 Å². The molecule has 0 bridgehead atoms. The highest BCUT2D eigenvalue weighted by Crippen LogP contribution is 2.12. The molecule has 0 aliphatic carbocycles. The predicted molar refractivity (Wildman–Crippen MR) is 59.7 cm³/mol. The van der Waals surface area contributed by atoms with E-state index in [1.54, 1.807) is 24.4 Å². The molecule has 6 nitrogen and oxygen atoms in total. The summed E-state index contributed by atoms with van der Waals surface area (Å²) >= 11 is 0. The molecule has 17 heavy (non-hydrogen) atoms. The first-order chi connectivity index (χ1) is 8.09. The largest absolute Gasteiger partial charge is 0.477 e. The second-order valence-electron chi connectivity index (χ2n) is 3.39. The van der Waals surface area contributed by atoms with E-state index in [1.807, 2.05) is 0 Å². The molecular weight excluding hydrogens is 222 g/mol. The van der Waals surface area contributed by atoms with Gasteiger partial charge in [-0.15, -0.1) is 0 Å². The molecule has 0 saturated carbocycles. The lowest BCUT2D eigenvalue weighted by Gasteiger charge is -2.03. The molecular formula is C11H9N3O3. The summed E-state index contributed by atoms with van der Waals surface area (Å²) in [5, 5.41) is 12.9. The number of carbonyl (C=O) groups is 1. The number of nitrogens with zero attached hydrogens (tertiary/aromatic N) is 3. The van der Waals surface area contributed by atoms with Crippen LogP contribution in [0.15, 0.2) is 35.3 Å². The Morgan fingerprint density at radius 2 is 2.12 bits per heavy atom. The Morgan fingerprint density at radius 3 is 2.71 bits per heavy atom. The minimum atomic E-state index is -1.27. The molecule has 2 aromatic rings. The average molecular weight is 231 g/mol. The van der Waals surface area contributed by atoms with E-state index in [0.29, 0.717) is 11.4 Å². The summed E-state index contributed by atoms with van der Waals surface area (Å²) in [6.45, 7) is 0. The molecule has 0 amide bonds. The first-order valence-electron chi connectivity index (χ1n) is 4.82. The van der Waals surface area contributed by atoms with Crippen molar-refractivity contribution in [3.63, 3.8) is 0 Å². The maximum atomic E-state index is 11.5. The van der Waals surface area contributed by atoms with Crippen LogP contribution >= 0.6 is 0 Å². The van der Waals surface area contributed by atoms with Crippen molar-refractivity contribution in [2.75, 3.05) is 0 Å². The van der Waals surface area contributed by atoms with Gasteiger partial charge in [-0.2, -0.15) is 5.10 Å². The quantitative estimate of drug-likeness (QED) is 0.815. The third-order valence-electron chi connectivity index (χ3n) is 2.22. The van der Waals surface area contributed by atoms with Gasteiger partial charge in [-0.25, -0.2) is 9.48 Å². The van der Waals surface area contributed by atoms with E-state index >= 15 is 0 Å². The first-order valence-corrected chi connectivity index (χ1v) is 4.82. The van der Waals surface area contributed by atoms with Crippen LogP contribution in [0.3, 0.4) is 0 Å². The number of hydrogen-bond acceptors (Lipinski definition) is 4. The van der Waals surface area contributed by atoms with Crippen molar-refractivity contribution >= 4 is 5.97 Å². The predicted octanol–water partition coefficient (Wildman–Crippen LogP) is 0.540. The molecule has 0 spiro atoms. The van der Waals surface area contributed by atoms with E-state index in [4.69, 9.17) is 5.11 Å². The normalized spacial score (nSPS) is 10.2. The summed E-state index contributed by atoms with van der Waals surface area (Å²) in [6, 6.07) is 6.42. The lowest BCUT2D eigenvalue weighted by atomic mass is 10.2. The monoisotopic (exact) mass is 231 g/mol. The van der Waals surface area contributed by atoms with Gasteiger partial charge < -0.3 is 5.11 Å². The minimum absolute atomic E-state index is 0.317. The van der Waals surface area contributed by atoms with Crippen LogP contribution < -0.4 is 5.56 Å². The van der Waals surface area contributed by atoms with Crippen molar-refractivity contribution in [1.29, 1.82) is 0 Å². The molecule has 2 heterocycles. The fraction of sp³-hybridized carbons (Fsp3) is 0.0909.